The molecule has 1 rings (SSSR count). The third-order valence-electron chi connectivity index (χ3n) is 3.43. The van der Waals surface area contributed by atoms with Gasteiger partial charge < -0.3 is 0 Å². The molecular weight excluding hydrogens is 255 g/mol. The molecule has 0 aliphatic rings. The van der Waals surface area contributed by atoms with E-state index in [2.05, 4.69) is 31.2 Å². The second-order valence-electron chi connectivity index (χ2n) is 5.16. The lowest BCUT2D eigenvalue weighted by molar-refractivity contribution is 0.502. The summed E-state index contributed by atoms with van der Waals surface area (Å²) < 4.78 is 10.6. The number of rotatable bonds is 10. The van der Waals surface area contributed by atoms with E-state index in [0.717, 1.165) is 12.0 Å². The van der Waals surface area contributed by atoms with E-state index in [1.165, 1.54) is 44.1 Å². The monoisotopic (exact) mass is 281 g/mol. The molecular formula is C16H26O2P+. The molecule has 0 saturated heterocycles. The molecule has 1 N–H and O–H groups in total. The van der Waals surface area contributed by atoms with E-state index in [9.17, 15) is 4.57 Å². The van der Waals surface area contributed by atoms with Gasteiger partial charge in [-0.15, -0.1) is 0 Å². The van der Waals surface area contributed by atoms with Crippen molar-refractivity contribution in [3.05, 3.63) is 35.4 Å². The van der Waals surface area contributed by atoms with E-state index in [4.69, 9.17) is 4.89 Å². The van der Waals surface area contributed by atoms with Crippen LogP contribution in [-0.2, 0) is 17.4 Å². The van der Waals surface area contributed by atoms with E-state index in [1.807, 2.05) is 0 Å². The van der Waals surface area contributed by atoms with Gasteiger partial charge in [0.15, 0.2) is 6.16 Å². The fraction of sp³-hybridized carbons (Fsp3) is 0.625. The first kappa shape index (κ1) is 16.3. The average molecular weight is 281 g/mol. The first-order valence-corrected chi connectivity index (χ1v) is 8.83. The van der Waals surface area contributed by atoms with E-state index in [-0.39, 0.29) is 0 Å². The van der Waals surface area contributed by atoms with Crippen LogP contribution in [-0.4, -0.2) is 11.1 Å². The molecule has 0 bridgehead atoms. The summed E-state index contributed by atoms with van der Waals surface area (Å²) in [6.45, 7) is 2.24. The Morgan fingerprint density at radius 1 is 0.895 bits per heavy atom. The molecule has 0 heterocycles. The van der Waals surface area contributed by atoms with Crippen LogP contribution in [0.15, 0.2) is 24.3 Å². The van der Waals surface area contributed by atoms with Crippen molar-refractivity contribution in [2.75, 3.05) is 6.16 Å². The first-order valence-electron chi connectivity index (χ1n) is 7.43. The quantitative estimate of drug-likeness (QED) is 0.491. The molecule has 1 aromatic rings. The lowest BCUT2D eigenvalue weighted by Gasteiger charge is -2.03. The van der Waals surface area contributed by atoms with Crippen LogP contribution < -0.4 is 0 Å². The number of benzene rings is 1. The normalized spacial score (nSPS) is 11.6. The Morgan fingerprint density at radius 3 is 2.00 bits per heavy atom. The molecule has 0 spiro atoms. The largest absolute Gasteiger partial charge is 0.505 e. The maximum atomic E-state index is 10.6. The third kappa shape index (κ3) is 8.13. The van der Waals surface area contributed by atoms with E-state index in [1.54, 1.807) is 0 Å². The summed E-state index contributed by atoms with van der Waals surface area (Å²) in [6, 6.07) is 8.49. The summed E-state index contributed by atoms with van der Waals surface area (Å²) >= 11 is 0. The highest BCUT2D eigenvalue weighted by atomic mass is 31.1. The van der Waals surface area contributed by atoms with Crippen molar-refractivity contribution in [2.45, 2.75) is 58.3 Å². The van der Waals surface area contributed by atoms with Crippen molar-refractivity contribution in [3.63, 3.8) is 0 Å². The predicted octanol–water partition coefficient (Wildman–Crippen LogP) is 4.87. The van der Waals surface area contributed by atoms with E-state index in [0.29, 0.717) is 12.6 Å². The lowest BCUT2D eigenvalue weighted by Crippen LogP contribution is -1.90. The van der Waals surface area contributed by atoms with Gasteiger partial charge in [-0.05, 0) is 28.5 Å². The first-order chi connectivity index (χ1) is 9.22. The fourth-order valence-electron chi connectivity index (χ4n) is 2.21. The van der Waals surface area contributed by atoms with Crippen LogP contribution in [0.4, 0.5) is 0 Å². The molecule has 0 aromatic heterocycles. The Morgan fingerprint density at radius 2 is 1.42 bits per heavy atom. The second kappa shape index (κ2) is 10.1. The van der Waals surface area contributed by atoms with Gasteiger partial charge in [-0.1, -0.05) is 63.3 Å². The van der Waals surface area contributed by atoms with Gasteiger partial charge in [0.1, 0.15) is 0 Å². The summed E-state index contributed by atoms with van der Waals surface area (Å²) in [5.41, 5.74) is 2.54. The minimum Gasteiger partial charge on any atom is -0.161 e. The summed E-state index contributed by atoms with van der Waals surface area (Å²) in [7, 11) is -2.00. The molecule has 0 aliphatic heterocycles. The highest BCUT2D eigenvalue weighted by Gasteiger charge is 2.09. The Balaban J connectivity index is 2.19. The zero-order valence-corrected chi connectivity index (χ0v) is 12.9. The Kier molecular flexibility index (Phi) is 8.69. The minimum absolute atomic E-state index is 0.367. The molecule has 3 heteroatoms. The molecule has 0 saturated carbocycles. The lowest BCUT2D eigenvalue weighted by atomic mass is 10.0. The van der Waals surface area contributed by atoms with Gasteiger partial charge in [-0.3, -0.25) is 0 Å². The Hall–Kier alpha value is -0.720. The number of aryl methyl sites for hydroxylation is 2. The highest BCUT2D eigenvalue weighted by molar-refractivity contribution is 7.37. The van der Waals surface area contributed by atoms with Crippen molar-refractivity contribution < 1.29 is 9.46 Å². The van der Waals surface area contributed by atoms with Crippen LogP contribution in [0.2, 0.25) is 0 Å². The van der Waals surface area contributed by atoms with Crippen LogP contribution in [0.3, 0.4) is 0 Å². The number of unbranched alkanes of at least 4 members (excludes halogenated alkanes) is 5. The molecule has 19 heavy (non-hydrogen) atoms. The summed E-state index contributed by atoms with van der Waals surface area (Å²) in [4.78, 5) is 8.78. The van der Waals surface area contributed by atoms with Gasteiger partial charge in [-0.25, -0.2) is 0 Å². The van der Waals surface area contributed by atoms with Gasteiger partial charge >= 0.3 is 8.03 Å². The molecule has 2 nitrogen and oxygen atoms in total. The fourth-order valence-corrected chi connectivity index (χ4v) is 2.66. The van der Waals surface area contributed by atoms with Crippen LogP contribution in [0.1, 0.15) is 56.6 Å². The molecule has 0 radical (unpaired) electrons. The standard InChI is InChI=1S/C16H25O2P/c1-2-3-4-5-6-7-8-15-9-11-16(12-10-15)13-14-19(17)18/h9-12H,2-8,13-14H2,1H3/p+1. The summed E-state index contributed by atoms with van der Waals surface area (Å²) in [5, 5.41) is 0. The SMILES string of the molecule is CCCCCCCCc1ccc(CC[P+](=O)O)cc1. The number of hydrogen-bond donors (Lipinski definition) is 1. The smallest absolute Gasteiger partial charge is 0.161 e. The Labute approximate surface area is 118 Å². The molecule has 1 unspecified atom stereocenters. The number of hydrogen-bond acceptors (Lipinski definition) is 1. The Bertz CT molecular complexity index is 360. The second-order valence-corrected chi connectivity index (χ2v) is 6.31. The van der Waals surface area contributed by atoms with Crippen LogP contribution >= 0.6 is 8.03 Å². The van der Waals surface area contributed by atoms with E-state index < -0.39 is 8.03 Å². The molecule has 0 fully saturated rings. The van der Waals surface area contributed by atoms with Crippen LogP contribution in [0, 0.1) is 0 Å². The van der Waals surface area contributed by atoms with Crippen LogP contribution in [0.25, 0.3) is 0 Å². The molecule has 106 valence electrons. The van der Waals surface area contributed by atoms with Crippen molar-refractivity contribution in [3.8, 4) is 0 Å². The molecule has 1 aromatic carbocycles. The summed E-state index contributed by atoms with van der Waals surface area (Å²) in [5.74, 6) is 0. The maximum absolute atomic E-state index is 10.6. The topological polar surface area (TPSA) is 37.3 Å². The van der Waals surface area contributed by atoms with Gasteiger partial charge in [-0.2, -0.15) is 4.89 Å². The van der Waals surface area contributed by atoms with Gasteiger partial charge in [0.2, 0.25) is 0 Å². The third-order valence-corrected chi connectivity index (χ3v) is 4.04. The highest BCUT2D eigenvalue weighted by Crippen LogP contribution is 2.16. The zero-order valence-electron chi connectivity index (χ0n) is 12.0. The predicted molar refractivity (Wildman–Crippen MR) is 81.9 cm³/mol. The van der Waals surface area contributed by atoms with Crippen molar-refractivity contribution in [1.29, 1.82) is 0 Å². The van der Waals surface area contributed by atoms with Crippen molar-refractivity contribution >= 4 is 8.03 Å². The maximum Gasteiger partial charge on any atom is 0.505 e. The van der Waals surface area contributed by atoms with Gasteiger partial charge in [0.25, 0.3) is 0 Å². The average Bonchev–Trinajstić information content (AvgIpc) is 2.41. The van der Waals surface area contributed by atoms with Gasteiger partial charge in [0, 0.05) is 6.42 Å². The minimum atomic E-state index is -2.00. The molecule has 1 atom stereocenters. The molecule has 0 aliphatic carbocycles. The zero-order chi connectivity index (χ0) is 13.9. The summed E-state index contributed by atoms with van der Waals surface area (Å²) in [6.07, 6.45) is 10.2. The van der Waals surface area contributed by atoms with Gasteiger partial charge in [0.05, 0.1) is 0 Å². The molecule has 0 amide bonds. The van der Waals surface area contributed by atoms with Crippen LogP contribution in [0.5, 0.6) is 0 Å². The van der Waals surface area contributed by atoms with Crippen molar-refractivity contribution in [2.24, 2.45) is 0 Å². The van der Waals surface area contributed by atoms with E-state index >= 15 is 0 Å². The van der Waals surface area contributed by atoms with Crippen molar-refractivity contribution in [1.82, 2.24) is 0 Å².